The van der Waals surface area contributed by atoms with Crippen molar-refractivity contribution in [1.29, 1.82) is 0 Å². The topological polar surface area (TPSA) is 292 Å². The molecule has 0 spiro atoms. The maximum Gasteiger partial charge on any atom is 1.00 e. The summed E-state index contributed by atoms with van der Waals surface area (Å²) >= 11 is 1.95. The van der Waals surface area contributed by atoms with Gasteiger partial charge in [-0.2, -0.15) is 0 Å². The molecule has 3 heterocycles. The minimum absolute atomic E-state index is 0. The van der Waals surface area contributed by atoms with Crippen LogP contribution < -0.4 is 80.6 Å². The quantitative estimate of drug-likeness (QED) is 0.0686. The average Bonchev–Trinajstić information content (AvgIpc) is 3.34. The fraction of sp³-hybridized carbons (Fsp3) is 0.364. The minimum atomic E-state index is -5.35. The van der Waals surface area contributed by atoms with Crippen molar-refractivity contribution >= 4 is 69.2 Å². The zero-order valence-corrected chi connectivity index (χ0v) is 30.8. The molecule has 19 nitrogen and oxygen atoms in total. The predicted octanol–water partition coefficient (Wildman–Crippen LogP) is -8.69. The molecule has 2 aliphatic heterocycles. The number of hydrogen-bond acceptors (Lipinski definition) is 16. The van der Waals surface area contributed by atoms with Gasteiger partial charge in [0, 0.05) is 18.5 Å². The molecule has 2 aromatic rings. The molecule has 236 valence electrons. The molecule has 1 fully saturated rings. The number of aliphatic carboxylic acids is 2. The number of aromatic nitrogens is 4. The van der Waals surface area contributed by atoms with E-state index in [1.54, 1.807) is 0 Å². The van der Waals surface area contributed by atoms with Gasteiger partial charge < -0.3 is 35.3 Å². The third-order valence-electron chi connectivity index (χ3n) is 6.16. The summed E-state index contributed by atoms with van der Waals surface area (Å²) in [5, 5.41) is 32.6. The normalized spacial score (nSPS) is 18.5. The van der Waals surface area contributed by atoms with Gasteiger partial charge in [-0.05, 0) is 33.7 Å². The number of aryl methyl sites for hydroxylation is 1. The summed E-state index contributed by atoms with van der Waals surface area (Å²) in [7, 11) is -3.82. The van der Waals surface area contributed by atoms with Crippen molar-refractivity contribution in [2.24, 2.45) is 12.8 Å². The van der Waals surface area contributed by atoms with Crippen molar-refractivity contribution < 1.29 is 111 Å². The maximum atomic E-state index is 13.3. The molecule has 1 aromatic carbocycles. The van der Waals surface area contributed by atoms with Crippen LogP contribution in [0, 0.1) is 0 Å². The van der Waals surface area contributed by atoms with E-state index in [1.165, 1.54) is 11.7 Å². The molecule has 5 N–H and O–H groups in total. The third kappa shape index (κ3) is 9.43. The van der Waals surface area contributed by atoms with Gasteiger partial charge in [0.25, 0.3) is 0 Å². The number of amides is 3. The van der Waals surface area contributed by atoms with Crippen LogP contribution in [0.2, 0.25) is 0 Å². The second-order valence-corrected chi connectivity index (χ2v) is 12.8. The molecule has 0 saturated carbocycles. The standard InChI is InChI=1S/C22H24N8O11S3.2Na/c1-29-21(26-27-28-29)42-8-11-15(20(35)36)30-13(31)6-14(30)43-18(11)25-17(32)16(44(38,39)40)9-2-4-10(5-3-9)24-22(37)41-7-12(23)19(33)34;;/h2-5,12,14,16,18H,6-8,23H2,1H3,(H,24,37)(H,25,32)(H,33,34)(H,35,36)(H,38,39,40);;/q;2*+1/p-2/t12-,14+,16?,18?;;/m1../s1. The Morgan fingerprint density at radius 2 is 1.89 bits per heavy atom. The van der Waals surface area contributed by atoms with Crippen LogP contribution in [0.3, 0.4) is 0 Å². The van der Waals surface area contributed by atoms with Crippen LogP contribution >= 0.6 is 23.5 Å². The van der Waals surface area contributed by atoms with Gasteiger partial charge >= 0.3 is 71.2 Å². The summed E-state index contributed by atoms with van der Waals surface area (Å²) in [6.07, 6.45) is -1.12. The maximum absolute atomic E-state index is 13.3. The summed E-state index contributed by atoms with van der Waals surface area (Å²) in [5.41, 5.74) is 4.51. The number of nitrogens with two attached hydrogens (primary N) is 1. The first kappa shape index (κ1) is 39.9. The summed E-state index contributed by atoms with van der Waals surface area (Å²) in [6.45, 7) is -0.633. The number of fused-ring (bicyclic) bond motifs is 1. The third-order valence-corrected chi connectivity index (χ3v) is 9.65. The van der Waals surface area contributed by atoms with Crippen LogP contribution in [0.1, 0.15) is 17.2 Å². The number of carbonyl (C=O) groups is 5. The van der Waals surface area contributed by atoms with E-state index in [0.29, 0.717) is 0 Å². The average molecular weight is 717 g/mol. The number of β-lactam (4-membered cyclic amide) rings is 1. The molecule has 24 heteroatoms. The van der Waals surface area contributed by atoms with E-state index >= 15 is 0 Å². The van der Waals surface area contributed by atoms with Gasteiger partial charge in [-0.25, -0.2) is 17.9 Å². The summed E-state index contributed by atoms with van der Waals surface area (Å²) in [6, 6.07) is 3.03. The van der Waals surface area contributed by atoms with Gasteiger partial charge in [-0.15, -0.1) is 16.9 Å². The Bertz CT molecular complexity index is 1640. The monoisotopic (exact) mass is 716 g/mol. The fourth-order valence-electron chi connectivity index (χ4n) is 4.05. The number of carbonyl (C=O) groups excluding carboxylic acids is 4. The van der Waals surface area contributed by atoms with E-state index in [4.69, 9.17) is 10.8 Å². The van der Waals surface area contributed by atoms with E-state index in [0.717, 1.165) is 52.7 Å². The number of rotatable bonds is 12. The molecule has 4 atom stereocenters. The smallest absolute Gasteiger partial charge is 0.747 e. The first-order valence-electron chi connectivity index (χ1n) is 12.2. The number of carboxylic acid groups (broad SMARTS) is 2. The van der Waals surface area contributed by atoms with E-state index in [-0.39, 0.29) is 93.3 Å². The van der Waals surface area contributed by atoms with Crippen molar-refractivity contribution in [2.45, 2.75) is 33.6 Å². The number of benzene rings is 1. The number of thioether (sulfide) groups is 2. The van der Waals surface area contributed by atoms with Crippen LogP contribution in [0.25, 0.3) is 0 Å². The van der Waals surface area contributed by atoms with Gasteiger partial charge in [0.15, 0.2) is 5.25 Å². The number of nitrogens with one attached hydrogen (secondary N) is 2. The molecule has 1 saturated heterocycles. The Balaban J connectivity index is 0.00000368. The first-order valence-corrected chi connectivity index (χ1v) is 15.6. The van der Waals surface area contributed by atoms with Gasteiger partial charge in [0.05, 0.1) is 23.5 Å². The van der Waals surface area contributed by atoms with Crippen molar-refractivity contribution in [3.8, 4) is 0 Å². The zero-order chi connectivity index (χ0) is 32.3. The fourth-order valence-corrected chi connectivity index (χ4v) is 7.32. The molecule has 46 heavy (non-hydrogen) atoms. The van der Waals surface area contributed by atoms with Crippen LogP contribution in [-0.2, 0) is 41.1 Å². The molecule has 2 aliphatic rings. The molecular formula is C22H22N8Na2O11S3. The second-order valence-electron chi connectivity index (χ2n) is 9.15. The molecule has 2 unspecified atom stereocenters. The Morgan fingerprint density at radius 3 is 2.41 bits per heavy atom. The summed E-state index contributed by atoms with van der Waals surface area (Å²) in [5.74, 6) is -5.02. The van der Waals surface area contributed by atoms with Crippen LogP contribution in [0.15, 0.2) is 40.7 Å². The minimum Gasteiger partial charge on any atom is -0.747 e. The predicted molar refractivity (Wildman–Crippen MR) is 146 cm³/mol. The number of ether oxygens (including phenoxy) is 1. The number of carboxylic acids is 2. The van der Waals surface area contributed by atoms with Gasteiger partial charge in [-0.3, -0.25) is 24.6 Å². The largest absolute Gasteiger partial charge is 1.00 e. The van der Waals surface area contributed by atoms with E-state index < -0.39 is 74.3 Å². The SMILES string of the molecule is Cn1nnnc1SCC1=C(C(=O)[O-])N2C(=O)C[C@@H]2SC1NC(=O)C(c1ccc(NC(=O)OC[C@@H](N)C(=O)O)cc1)S(=O)(=O)[O-].[Na+].[Na+]. The van der Waals surface area contributed by atoms with Crippen molar-refractivity contribution in [3.63, 3.8) is 0 Å². The van der Waals surface area contributed by atoms with Crippen LogP contribution in [0.4, 0.5) is 10.5 Å². The number of hydrogen-bond donors (Lipinski definition) is 4. The van der Waals surface area contributed by atoms with Crippen LogP contribution in [-0.4, -0.2) is 102 Å². The Labute approximate surface area is 313 Å². The van der Waals surface area contributed by atoms with Crippen molar-refractivity contribution in [1.82, 2.24) is 30.4 Å². The molecule has 1 aromatic heterocycles. The summed E-state index contributed by atoms with van der Waals surface area (Å²) in [4.78, 5) is 61.3. The number of nitrogens with zero attached hydrogens (tertiary/aromatic N) is 5. The molecular weight excluding hydrogens is 694 g/mol. The number of tetrazole rings is 1. The second kappa shape index (κ2) is 16.7. The number of anilines is 1. The van der Waals surface area contributed by atoms with Gasteiger partial charge in [0.1, 0.15) is 28.1 Å². The zero-order valence-electron chi connectivity index (χ0n) is 24.3. The van der Waals surface area contributed by atoms with E-state index in [2.05, 4.69) is 30.9 Å². The molecule has 0 aliphatic carbocycles. The molecule has 0 radical (unpaired) electrons. The summed E-state index contributed by atoms with van der Waals surface area (Å²) < 4.78 is 42.7. The van der Waals surface area contributed by atoms with Crippen molar-refractivity contribution in [2.75, 3.05) is 17.7 Å². The Morgan fingerprint density at radius 1 is 1.24 bits per heavy atom. The molecule has 3 amide bonds. The molecule has 0 bridgehead atoms. The Kier molecular flexibility index (Phi) is 14.5. The van der Waals surface area contributed by atoms with Crippen molar-refractivity contribution in [3.05, 3.63) is 41.1 Å². The first-order chi connectivity index (χ1) is 20.7. The molecule has 4 rings (SSSR count). The van der Waals surface area contributed by atoms with Gasteiger partial charge in [0.2, 0.25) is 17.0 Å². The van der Waals surface area contributed by atoms with Gasteiger partial charge in [-0.1, -0.05) is 23.9 Å². The van der Waals surface area contributed by atoms with E-state index in [1.807, 2.05) is 0 Å². The van der Waals surface area contributed by atoms with E-state index in [9.17, 15) is 42.0 Å². The Hall–Kier alpha value is -2.25. The van der Waals surface area contributed by atoms with Crippen LogP contribution in [0.5, 0.6) is 0 Å².